The monoisotopic (exact) mass is 388 g/mol. The second-order valence-electron chi connectivity index (χ2n) is 6.93. The summed E-state index contributed by atoms with van der Waals surface area (Å²) in [5.74, 6) is 0.306. The normalized spacial score (nSPS) is 10.4. The van der Waals surface area contributed by atoms with Crippen LogP contribution in [0.1, 0.15) is 40.1 Å². The van der Waals surface area contributed by atoms with Gasteiger partial charge in [-0.25, -0.2) is 0 Å². The first kappa shape index (κ1) is 20.1. The third-order valence-electron chi connectivity index (χ3n) is 4.20. The molecule has 0 spiro atoms. The van der Waals surface area contributed by atoms with Crippen molar-refractivity contribution >= 4 is 17.5 Å². The largest absolute Gasteiger partial charge is 0.489 e. The summed E-state index contributed by atoms with van der Waals surface area (Å²) in [4.78, 5) is 25.0. The number of ether oxygens (including phenoxy) is 1. The van der Waals surface area contributed by atoms with Gasteiger partial charge in [0.05, 0.1) is 11.3 Å². The van der Waals surface area contributed by atoms with Gasteiger partial charge in [0, 0.05) is 11.6 Å². The van der Waals surface area contributed by atoms with Gasteiger partial charge in [0.25, 0.3) is 11.8 Å². The van der Waals surface area contributed by atoms with Gasteiger partial charge in [-0.3, -0.25) is 9.59 Å². The molecule has 0 aliphatic heterocycles. The van der Waals surface area contributed by atoms with Crippen molar-refractivity contribution in [1.29, 1.82) is 0 Å². The lowest BCUT2D eigenvalue weighted by atomic mass is 10.1. The fraction of sp³-hybridized carbons (Fsp3) is 0.167. The number of anilines is 1. The van der Waals surface area contributed by atoms with Gasteiger partial charge in [-0.05, 0) is 55.8 Å². The number of hydrogen-bond donors (Lipinski definition) is 2. The third kappa shape index (κ3) is 5.69. The van der Waals surface area contributed by atoms with E-state index in [0.717, 1.165) is 11.3 Å². The van der Waals surface area contributed by atoms with Gasteiger partial charge in [-0.1, -0.05) is 42.5 Å². The lowest BCUT2D eigenvalue weighted by Crippen LogP contribution is -2.31. The van der Waals surface area contributed by atoms with E-state index in [0.29, 0.717) is 23.4 Å². The van der Waals surface area contributed by atoms with Crippen LogP contribution in [0.15, 0.2) is 78.9 Å². The molecule has 0 saturated heterocycles. The molecule has 0 saturated carbocycles. The molecule has 5 nitrogen and oxygen atoms in total. The SMILES string of the molecule is CC(C)NC(=O)c1ccccc1NC(=O)c1ccc(COc2ccccc2)cc1. The van der Waals surface area contributed by atoms with Crippen molar-refractivity contribution in [3.63, 3.8) is 0 Å². The molecule has 0 aliphatic rings. The summed E-state index contributed by atoms with van der Waals surface area (Å²) in [5.41, 5.74) is 2.38. The molecular formula is C24H24N2O3. The second kappa shape index (κ2) is 9.55. The van der Waals surface area contributed by atoms with E-state index in [-0.39, 0.29) is 17.9 Å². The first-order valence-electron chi connectivity index (χ1n) is 9.51. The molecule has 0 bridgehead atoms. The van der Waals surface area contributed by atoms with Crippen LogP contribution in [0.5, 0.6) is 5.75 Å². The van der Waals surface area contributed by atoms with Gasteiger partial charge >= 0.3 is 0 Å². The smallest absolute Gasteiger partial charge is 0.255 e. The average molecular weight is 388 g/mol. The van der Waals surface area contributed by atoms with Crippen LogP contribution in [0.25, 0.3) is 0 Å². The highest BCUT2D eigenvalue weighted by molar-refractivity contribution is 6.09. The highest BCUT2D eigenvalue weighted by atomic mass is 16.5. The fourth-order valence-corrected chi connectivity index (χ4v) is 2.76. The molecule has 148 valence electrons. The Balaban J connectivity index is 1.65. The standard InChI is InChI=1S/C24H24N2O3/c1-17(2)25-24(28)21-10-6-7-11-22(21)26-23(27)19-14-12-18(13-15-19)16-29-20-8-4-3-5-9-20/h3-15,17H,16H2,1-2H3,(H,25,28)(H,26,27). The minimum atomic E-state index is -0.273. The Morgan fingerprint density at radius 1 is 0.828 bits per heavy atom. The zero-order valence-corrected chi connectivity index (χ0v) is 16.5. The van der Waals surface area contributed by atoms with Crippen LogP contribution in [0.3, 0.4) is 0 Å². The maximum Gasteiger partial charge on any atom is 0.255 e. The van der Waals surface area contributed by atoms with Crippen LogP contribution in [0.4, 0.5) is 5.69 Å². The molecule has 3 rings (SSSR count). The highest BCUT2D eigenvalue weighted by Crippen LogP contribution is 2.17. The van der Waals surface area contributed by atoms with E-state index < -0.39 is 0 Å². The second-order valence-corrected chi connectivity index (χ2v) is 6.93. The van der Waals surface area contributed by atoms with E-state index in [1.54, 1.807) is 36.4 Å². The van der Waals surface area contributed by atoms with Gasteiger partial charge < -0.3 is 15.4 Å². The summed E-state index contributed by atoms with van der Waals surface area (Å²) >= 11 is 0. The molecule has 0 heterocycles. The molecule has 5 heteroatoms. The van der Waals surface area contributed by atoms with Gasteiger partial charge in [-0.15, -0.1) is 0 Å². The maximum absolute atomic E-state index is 12.6. The van der Waals surface area contributed by atoms with Gasteiger partial charge in [0.2, 0.25) is 0 Å². The summed E-state index contributed by atoms with van der Waals surface area (Å²) in [7, 11) is 0. The Morgan fingerprint density at radius 3 is 2.17 bits per heavy atom. The van der Waals surface area contributed by atoms with E-state index in [9.17, 15) is 9.59 Å². The molecule has 2 amide bonds. The summed E-state index contributed by atoms with van der Waals surface area (Å²) < 4.78 is 5.72. The lowest BCUT2D eigenvalue weighted by molar-refractivity contribution is 0.0944. The quantitative estimate of drug-likeness (QED) is 0.619. The van der Waals surface area contributed by atoms with Crippen LogP contribution >= 0.6 is 0 Å². The molecule has 2 N–H and O–H groups in total. The van der Waals surface area contributed by atoms with E-state index in [2.05, 4.69) is 10.6 Å². The summed E-state index contributed by atoms with van der Waals surface area (Å²) in [6, 6.07) is 23.7. The maximum atomic E-state index is 12.6. The Labute approximate surface area is 170 Å². The molecule has 0 fully saturated rings. The Hall–Kier alpha value is -3.60. The van der Waals surface area contributed by atoms with E-state index in [4.69, 9.17) is 4.74 Å². The summed E-state index contributed by atoms with van der Waals surface area (Å²) in [6.45, 7) is 4.20. The van der Waals surface area contributed by atoms with Gasteiger partial charge in [0.15, 0.2) is 0 Å². The zero-order chi connectivity index (χ0) is 20.6. The fourth-order valence-electron chi connectivity index (χ4n) is 2.76. The van der Waals surface area contributed by atoms with Gasteiger partial charge in [0.1, 0.15) is 12.4 Å². The van der Waals surface area contributed by atoms with Gasteiger partial charge in [-0.2, -0.15) is 0 Å². The minimum Gasteiger partial charge on any atom is -0.489 e. The summed E-state index contributed by atoms with van der Waals surface area (Å²) in [5, 5.41) is 5.67. The first-order valence-corrected chi connectivity index (χ1v) is 9.51. The molecule has 3 aromatic rings. The number of rotatable bonds is 7. The lowest BCUT2D eigenvalue weighted by Gasteiger charge is -2.13. The highest BCUT2D eigenvalue weighted by Gasteiger charge is 2.14. The molecule has 0 aromatic heterocycles. The van der Waals surface area contributed by atoms with Crippen molar-refractivity contribution in [2.45, 2.75) is 26.5 Å². The Morgan fingerprint density at radius 2 is 1.48 bits per heavy atom. The molecule has 29 heavy (non-hydrogen) atoms. The van der Waals surface area contributed by atoms with Crippen LogP contribution in [0.2, 0.25) is 0 Å². The van der Waals surface area contributed by atoms with Crippen molar-refractivity contribution in [2.24, 2.45) is 0 Å². The van der Waals surface area contributed by atoms with Crippen LogP contribution in [0, 0.1) is 0 Å². The average Bonchev–Trinajstić information content (AvgIpc) is 2.73. The number of carbonyl (C=O) groups is 2. The van der Waals surface area contributed by atoms with Crippen LogP contribution in [-0.2, 0) is 6.61 Å². The van der Waals surface area contributed by atoms with E-state index in [1.165, 1.54) is 0 Å². The Bertz CT molecular complexity index is 967. The molecule has 0 radical (unpaired) electrons. The molecule has 0 aliphatic carbocycles. The number of benzene rings is 3. The number of amides is 2. The summed E-state index contributed by atoms with van der Waals surface area (Å²) in [6.07, 6.45) is 0. The Kier molecular flexibility index (Phi) is 6.63. The number of para-hydroxylation sites is 2. The van der Waals surface area contributed by atoms with Crippen molar-refractivity contribution in [2.75, 3.05) is 5.32 Å². The molecular weight excluding hydrogens is 364 g/mol. The van der Waals surface area contributed by atoms with E-state index in [1.807, 2.05) is 56.3 Å². The predicted molar refractivity (Wildman–Crippen MR) is 114 cm³/mol. The van der Waals surface area contributed by atoms with E-state index >= 15 is 0 Å². The van der Waals surface area contributed by atoms with Crippen molar-refractivity contribution < 1.29 is 14.3 Å². The molecule has 0 atom stereocenters. The van der Waals surface area contributed by atoms with Crippen molar-refractivity contribution in [3.05, 3.63) is 95.6 Å². The van der Waals surface area contributed by atoms with Crippen LogP contribution in [-0.4, -0.2) is 17.9 Å². The number of nitrogens with one attached hydrogen (secondary N) is 2. The van der Waals surface area contributed by atoms with Crippen molar-refractivity contribution in [3.8, 4) is 5.75 Å². The minimum absolute atomic E-state index is 0.0110. The number of carbonyl (C=O) groups excluding carboxylic acids is 2. The zero-order valence-electron chi connectivity index (χ0n) is 16.5. The topological polar surface area (TPSA) is 67.4 Å². The number of hydrogen-bond acceptors (Lipinski definition) is 3. The van der Waals surface area contributed by atoms with Crippen molar-refractivity contribution in [1.82, 2.24) is 5.32 Å². The van der Waals surface area contributed by atoms with Crippen LogP contribution < -0.4 is 15.4 Å². The predicted octanol–water partition coefficient (Wildman–Crippen LogP) is 4.66. The first-order chi connectivity index (χ1) is 14.0. The molecule has 0 unspecified atom stereocenters. The third-order valence-corrected chi connectivity index (χ3v) is 4.20. The molecule has 3 aromatic carbocycles.